The number of thioether (sulfide) groups is 1. The Morgan fingerprint density at radius 1 is 1.16 bits per heavy atom. The van der Waals surface area contributed by atoms with E-state index in [1.54, 1.807) is 0 Å². The third-order valence-corrected chi connectivity index (χ3v) is 4.90. The standard InChI is InChI=1S/C14H22N4S/c1-15-12-8-13(18-14(17-12)11-2-3-11)16-9-10-4-6-19-7-5-10/h8,10-11H,2-7,9H2,1H3,(H2,15,16,17,18). The summed E-state index contributed by atoms with van der Waals surface area (Å²) < 4.78 is 0. The van der Waals surface area contributed by atoms with Gasteiger partial charge in [0.05, 0.1) is 0 Å². The number of nitrogens with zero attached hydrogens (tertiary/aromatic N) is 2. The number of aromatic nitrogens is 2. The minimum atomic E-state index is 0.597. The van der Waals surface area contributed by atoms with Gasteiger partial charge in [0.1, 0.15) is 17.5 Å². The number of anilines is 2. The summed E-state index contributed by atoms with van der Waals surface area (Å²) in [7, 11) is 1.92. The molecular weight excluding hydrogens is 256 g/mol. The predicted molar refractivity (Wildman–Crippen MR) is 82.1 cm³/mol. The van der Waals surface area contributed by atoms with Crippen molar-refractivity contribution < 1.29 is 0 Å². The molecule has 1 saturated carbocycles. The van der Waals surface area contributed by atoms with E-state index in [9.17, 15) is 0 Å². The monoisotopic (exact) mass is 278 g/mol. The van der Waals surface area contributed by atoms with Crippen molar-refractivity contribution in [1.29, 1.82) is 0 Å². The van der Waals surface area contributed by atoms with Gasteiger partial charge >= 0.3 is 0 Å². The highest BCUT2D eigenvalue weighted by Gasteiger charge is 2.27. The summed E-state index contributed by atoms with van der Waals surface area (Å²) in [6.07, 6.45) is 5.15. The van der Waals surface area contributed by atoms with Crippen molar-refractivity contribution in [2.45, 2.75) is 31.6 Å². The summed E-state index contributed by atoms with van der Waals surface area (Å²) in [6.45, 7) is 1.05. The molecule has 3 rings (SSSR count). The molecule has 104 valence electrons. The van der Waals surface area contributed by atoms with Crippen molar-refractivity contribution >= 4 is 23.4 Å². The van der Waals surface area contributed by atoms with Gasteiger partial charge in [0.15, 0.2) is 0 Å². The van der Waals surface area contributed by atoms with E-state index >= 15 is 0 Å². The maximum Gasteiger partial charge on any atom is 0.136 e. The van der Waals surface area contributed by atoms with Gasteiger partial charge in [0.2, 0.25) is 0 Å². The lowest BCUT2D eigenvalue weighted by molar-refractivity contribution is 0.515. The smallest absolute Gasteiger partial charge is 0.136 e. The Morgan fingerprint density at radius 2 is 1.89 bits per heavy atom. The highest BCUT2D eigenvalue weighted by Crippen LogP contribution is 2.38. The lowest BCUT2D eigenvalue weighted by Gasteiger charge is -2.22. The van der Waals surface area contributed by atoms with E-state index in [1.807, 2.05) is 13.1 Å². The van der Waals surface area contributed by atoms with E-state index in [2.05, 4.69) is 32.4 Å². The van der Waals surface area contributed by atoms with Crippen LogP contribution in [0.2, 0.25) is 0 Å². The van der Waals surface area contributed by atoms with Crippen molar-refractivity contribution in [3.8, 4) is 0 Å². The molecule has 4 nitrogen and oxygen atoms in total. The molecule has 5 heteroatoms. The van der Waals surface area contributed by atoms with Crippen molar-refractivity contribution in [1.82, 2.24) is 9.97 Å². The average Bonchev–Trinajstić information content (AvgIpc) is 3.30. The molecule has 0 aromatic carbocycles. The van der Waals surface area contributed by atoms with E-state index in [4.69, 9.17) is 0 Å². The highest BCUT2D eigenvalue weighted by atomic mass is 32.2. The Balaban J connectivity index is 1.63. The fourth-order valence-corrected chi connectivity index (χ4v) is 3.61. The molecule has 0 atom stereocenters. The Hall–Kier alpha value is -0.970. The third kappa shape index (κ3) is 3.53. The second-order valence-corrected chi connectivity index (χ2v) is 6.68. The first-order valence-electron chi connectivity index (χ1n) is 7.23. The van der Waals surface area contributed by atoms with Crippen LogP contribution in [0.4, 0.5) is 11.6 Å². The van der Waals surface area contributed by atoms with Crippen molar-refractivity contribution in [3.05, 3.63) is 11.9 Å². The summed E-state index contributed by atoms with van der Waals surface area (Å²) >= 11 is 2.08. The molecule has 1 aliphatic carbocycles. The summed E-state index contributed by atoms with van der Waals surface area (Å²) in [5.74, 6) is 6.95. The molecule has 0 radical (unpaired) electrons. The highest BCUT2D eigenvalue weighted by molar-refractivity contribution is 7.99. The largest absolute Gasteiger partial charge is 0.373 e. The van der Waals surface area contributed by atoms with Crippen LogP contribution in [0.5, 0.6) is 0 Å². The lowest BCUT2D eigenvalue weighted by Crippen LogP contribution is -2.20. The van der Waals surface area contributed by atoms with E-state index in [0.29, 0.717) is 5.92 Å². The topological polar surface area (TPSA) is 49.8 Å². The van der Waals surface area contributed by atoms with Crippen LogP contribution in [-0.2, 0) is 0 Å². The predicted octanol–water partition coefficient (Wildman–Crippen LogP) is 2.95. The zero-order valence-electron chi connectivity index (χ0n) is 11.5. The molecule has 0 amide bonds. The van der Waals surface area contributed by atoms with Gasteiger partial charge < -0.3 is 10.6 Å². The fraction of sp³-hybridized carbons (Fsp3) is 0.714. The molecule has 2 N–H and O–H groups in total. The van der Waals surface area contributed by atoms with Crippen LogP contribution in [-0.4, -0.2) is 35.1 Å². The van der Waals surface area contributed by atoms with Crippen LogP contribution in [0, 0.1) is 5.92 Å². The molecule has 0 unspecified atom stereocenters. The molecule has 2 heterocycles. The summed E-state index contributed by atoms with van der Waals surface area (Å²) in [5.41, 5.74) is 0. The normalized spacial score (nSPS) is 20.3. The number of rotatable bonds is 5. The van der Waals surface area contributed by atoms with Gasteiger partial charge in [-0.15, -0.1) is 0 Å². The zero-order valence-corrected chi connectivity index (χ0v) is 12.3. The minimum Gasteiger partial charge on any atom is -0.373 e. The first-order valence-corrected chi connectivity index (χ1v) is 8.39. The van der Waals surface area contributed by atoms with Gasteiger partial charge in [0, 0.05) is 25.6 Å². The molecule has 1 aromatic heterocycles. The van der Waals surface area contributed by atoms with Crippen molar-refractivity contribution in [2.75, 3.05) is 35.7 Å². The quantitative estimate of drug-likeness (QED) is 0.867. The molecule has 1 aromatic rings. The number of nitrogens with one attached hydrogen (secondary N) is 2. The maximum absolute atomic E-state index is 4.66. The fourth-order valence-electron chi connectivity index (χ4n) is 2.41. The minimum absolute atomic E-state index is 0.597. The molecule has 19 heavy (non-hydrogen) atoms. The van der Waals surface area contributed by atoms with Gasteiger partial charge in [-0.2, -0.15) is 11.8 Å². The molecule has 1 saturated heterocycles. The Morgan fingerprint density at radius 3 is 2.58 bits per heavy atom. The average molecular weight is 278 g/mol. The van der Waals surface area contributed by atoms with Crippen LogP contribution in [0.3, 0.4) is 0 Å². The summed E-state index contributed by atoms with van der Waals surface area (Å²) in [5, 5.41) is 6.65. The zero-order chi connectivity index (χ0) is 13.1. The Kier molecular flexibility index (Phi) is 4.11. The summed E-state index contributed by atoms with van der Waals surface area (Å²) in [6, 6.07) is 2.02. The SMILES string of the molecule is CNc1cc(NCC2CCSCC2)nc(C2CC2)n1. The number of hydrogen-bond acceptors (Lipinski definition) is 5. The molecule has 0 spiro atoms. The van der Waals surface area contributed by atoms with Crippen LogP contribution in [0.1, 0.15) is 37.4 Å². The molecule has 2 fully saturated rings. The second-order valence-electron chi connectivity index (χ2n) is 5.46. The third-order valence-electron chi connectivity index (χ3n) is 3.85. The number of hydrogen-bond donors (Lipinski definition) is 2. The van der Waals surface area contributed by atoms with Crippen LogP contribution >= 0.6 is 11.8 Å². The summed E-state index contributed by atoms with van der Waals surface area (Å²) in [4.78, 5) is 9.20. The Bertz CT molecular complexity index is 427. The first kappa shape index (κ1) is 13.0. The van der Waals surface area contributed by atoms with Gasteiger partial charge in [0.25, 0.3) is 0 Å². The Labute approximate surface area is 119 Å². The molecule has 1 aliphatic heterocycles. The van der Waals surface area contributed by atoms with Crippen molar-refractivity contribution in [3.63, 3.8) is 0 Å². The van der Waals surface area contributed by atoms with Gasteiger partial charge in [-0.3, -0.25) is 0 Å². The molecule has 2 aliphatic rings. The second kappa shape index (κ2) is 5.99. The van der Waals surface area contributed by atoms with E-state index in [0.717, 1.165) is 29.9 Å². The van der Waals surface area contributed by atoms with E-state index in [-0.39, 0.29) is 0 Å². The maximum atomic E-state index is 4.66. The van der Waals surface area contributed by atoms with E-state index in [1.165, 1.54) is 37.2 Å². The van der Waals surface area contributed by atoms with Gasteiger partial charge in [-0.05, 0) is 43.1 Å². The molecule has 0 bridgehead atoms. The van der Waals surface area contributed by atoms with Crippen molar-refractivity contribution in [2.24, 2.45) is 5.92 Å². The van der Waals surface area contributed by atoms with Crippen LogP contribution < -0.4 is 10.6 Å². The van der Waals surface area contributed by atoms with Crippen LogP contribution in [0.25, 0.3) is 0 Å². The van der Waals surface area contributed by atoms with Gasteiger partial charge in [-0.25, -0.2) is 9.97 Å². The lowest BCUT2D eigenvalue weighted by atomic mass is 10.0. The van der Waals surface area contributed by atoms with E-state index < -0.39 is 0 Å². The van der Waals surface area contributed by atoms with Gasteiger partial charge in [-0.1, -0.05) is 0 Å². The van der Waals surface area contributed by atoms with Crippen LogP contribution in [0.15, 0.2) is 6.07 Å². The molecular formula is C14H22N4S. The first-order chi connectivity index (χ1) is 9.35.